The van der Waals surface area contributed by atoms with Crippen molar-refractivity contribution in [1.82, 2.24) is 15.1 Å². The normalized spacial score (nSPS) is 10.7. The SMILES string of the molecule is CN(C)c1cnn(CCNCCc2ccsc2)c(=O)c1. The molecule has 0 aromatic carbocycles. The van der Waals surface area contributed by atoms with Gasteiger partial charge in [0.1, 0.15) is 0 Å². The van der Waals surface area contributed by atoms with E-state index in [1.807, 2.05) is 19.0 Å². The first-order valence-electron chi connectivity index (χ1n) is 6.63. The molecule has 0 aliphatic heterocycles. The molecule has 6 heteroatoms. The molecule has 2 rings (SSSR count). The van der Waals surface area contributed by atoms with Gasteiger partial charge in [0, 0.05) is 26.7 Å². The van der Waals surface area contributed by atoms with Crippen molar-refractivity contribution < 1.29 is 0 Å². The first-order valence-corrected chi connectivity index (χ1v) is 7.57. The van der Waals surface area contributed by atoms with Gasteiger partial charge in [0.2, 0.25) is 0 Å². The molecule has 0 aliphatic carbocycles. The Morgan fingerprint density at radius 2 is 2.25 bits per heavy atom. The molecule has 0 aliphatic rings. The number of hydrogen-bond acceptors (Lipinski definition) is 5. The molecule has 0 radical (unpaired) electrons. The second kappa shape index (κ2) is 7.21. The number of rotatable bonds is 7. The fraction of sp³-hybridized carbons (Fsp3) is 0.429. The molecule has 0 amide bonds. The van der Waals surface area contributed by atoms with E-state index in [-0.39, 0.29) is 5.56 Å². The highest BCUT2D eigenvalue weighted by Crippen LogP contribution is 2.05. The summed E-state index contributed by atoms with van der Waals surface area (Å²) in [6, 6.07) is 3.75. The van der Waals surface area contributed by atoms with Crippen molar-refractivity contribution in [2.24, 2.45) is 0 Å². The predicted octanol–water partition coefficient (Wildman–Crippen LogP) is 1.20. The average Bonchev–Trinajstić information content (AvgIpc) is 2.93. The van der Waals surface area contributed by atoms with E-state index < -0.39 is 0 Å². The molecule has 0 saturated carbocycles. The minimum atomic E-state index is -0.0594. The van der Waals surface area contributed by atoms with Crippen LogP contribution in [0.3, 0.4) is 0 Å². The van der Waals surface area contributed by atoms with Crippen molar-refractivity contribution in [2.75, 3.05) is 32.1 Å². The molecule has 0 saturated heterocycles. The summed E-state index contributed by atoms with van der Waals surface area (Å²) in [5.74, 6) is 0. The minimum Gasteiger partial charge on any atom is -0.376 e. The van der Waals surface area contributed by atoms with Gasteiger partial charge in [-0.25, -0.2) is 4.68 Å². The number of aromatic nitrogens is 2. The third kappa shape index (κ3) is 4.18. The number of anilines is 1. The Bertz CT molecular complexity index is 577. The average molecular weight is 292 g/mol. The predicted molar refractivity (Wildman–Crippen MR) is 83.7 cm³/mol. The number of nitrogens with zero attached hydrogens (tertiary/aromatic N) is 3. The van der Waals surface area contributed by atoms with E-state index in [0.717, 1.165) is 25.2 Å². The highest BCUT2D eigenvalue weighted by atomic mass is 32.1. The molecule has 0 atom stereocenters. The molecule has 0 fully saturated rings. The van der Waals surface area contributed by atoms with Gasteiger partial charge in [0.05, 0.1) is 18.4 Å². The van der Waals surface area contributed by atoms with Crippen LogP contribution in [0.4, 0.5) is 5.69 Å². The Kier molecular flexibility index (Phi) is 5.31. The summed E-state index contributed by atoms with van der Waals surface area (Å²) in [5, 5.41) is 11.8. The maximum atomic E-state index is 11.8. The lowest BCUT2D eigenvalue weighted by molar-refractivity contribution is 0.533. The summed E-state index contributed by atoms with van der Waals surface area (Å²) < 4.78 is 1.49. The molecule has 0 spiro atoms. The fourth-order valence-corrected chi connectivity index (χ4v) is 2.52. The van der Waals surface area contributed by atoms with E-state index in [0.29, 0.717) is 6.54 Å². The summed E-state index contributed by atoms with van der Waals surface area (Å²) >= 11 is 1.72. The van der Waals surface area contributed by atoms with Crippen molar-refractivity contribution in [1.29, 1.82) is 0 Å². The van der Waals surface area contributed by atoms with E-state index in [9.17, 15) is 4.79 Å². The molecular weight excluding hydrogens is 272 g/mol. The summed E-state index contributed by atoms with van der Waals surface area (Å²) in [7, 11) is 3.79. The summed E-state index contributed by atoms with van der Waals surface area (Å²) in [6.45, 7) is 2.26. The van der Waals surface area contributed by atoms with E-state index in [1.54, 1.807) is 23.6 Å². The lowest BCUT2D eigenvalue weighted by Crippen LogP contribution is -2.30. The van der Waals surface area contributed by atoms with E-state index >= 15 is 0 Å². The zero-order valence-corrected chi connectivity index (χ0v) is 12.7. The second-order valence-corrected chi connectivity index (χ2v) is 5.58. The van der Waals surface area contributed by atoms with Crippen LogP contribution < -0.4 is 15.8 Å². The van der Waals surface area contributed by atoms with Gasteiger partial charge in [-0.2, -0.15) is 16.4 Å². The maximum absolute atomic E-state index is 11.8. The van der Waals surface area contributed by atoms with Crippen LogP contribution in [0.25, 0.3) is 0 Å². The Morgan fingerprint density at radius 3 is 2.90 bits per heavy atom. The third-order valence-electron chi connectivity index (χ3n) is 3.04. The molecule has 2 aromatic heterocycles. The summed E-state index contributed by atoms with van der Waals surface area (Å²) in [4.78, 5) is 13.7. The molecule has 5 nitrogen and oxygen atoms in total. The van der Waals surface area contributed by atoms with Gasteiger partial charge >= 0.3 is 0 Å². The van der Waals surface area contributed by atoms with Crippen LogP contribution in [0, 0.1) is 0 Å². The first kappa shape index (κ1) is 14.7. The van der Waals surface area contributed by atoms with Crippen LogP contribution in [-0.2, 0) is 13.0 Å². The van der Waals surface area contributed by atoms with Crippen molar-refractivity contribution in [3.05, 3.63) is 45.0 Å². The van der Waals surface area contributed by atoms with Crippen molar-refractivity contribution in [2.45, 2.75) is 13.0 Å². The van der Waals surface area contributed by atoms with Gasteiger partial charge < -0.3 is 10.2 Å². The first-order chi connectivity index (χ1) is 9.66. The van der Waals surface area contributed by atoms with E-state index in [4.69, 9.17) is 0 Å². The zero-order valence-electron chi connectivity index (χ0n) is 11.9. The third-order valence-corrected chi connectivity index (χ3v) is 3.77. The highest BCUT2D eigenvalue weighted by molar-refractivity contribution is 7.07. The molecule has 2 heterocycles. The van der Waals surface area contributed by atoms with Crippen LogP contribution in [0.15, 0.2) is 33.9 Å². The van der Waals surface area contributed by atoms with Gasteiger partial charge in [-0.15, -0.1) is 0 Å². The van der Waals surface area contributed by atoms with Gasteiger partial charge in [0.15, 0.2) is 0 Å². The molecule has 108 valence electrons. The van der Waals surface area contributed by atoms with Crippen molar-refractivity contribution >= 4 is 17.0 Å². The Balaban J connectivity index is 1.75. The second-order valence-electron chi connectivity index (χ2n) is 4.80. The smallest absolute Gasteiger partial charge is 0.268 e. The van der Waals surface area contributed by atoms with Gasteiger partial charge in [-0.05, 0) is 35.4 Å². The molecule has 2 aromatic rings. The monoisotopic (exact) mass is 292 g/mol. The number of hydrogen-bond donors (Lipinski definition) is 1. The Hall–Kier alpha value is -1.66. The largest absolute Gasteiger partial charge is 0.376 e. The van der Waals surface area contributed by atoms with E-state index in [1.165, 1.54) is 10.2 Å². The Morgan fingerprint density at radius 1 is 1.40 bits per heavy atom. The van der Waals surface area contributed by atoms with Crippen LogP contribution >= 0.6 is 11.3 Å². The minimum absolute atomic E-state index is 0.0594. The van der Waals surface area contributed by atoms with Crippen molar-refractivity contribution in [3.8, 4) is 0 Å². The molecular formula is C14H20N4OS. The molecule has 20 heavy (non-hydrogen) atoms. The van der Waals surface area contributed by atoms with Gasteiger partial charge in [-0.1, -0.05) is 0 Å². The molecule has 0 unspecified atom stereocenters. The number of thiophene rings is 1. The van der Waals surface area contributed by atoms with Crippen LogP contribution in [-0.4, -0.2) is 37.0 Å². The van der Waals surface area contributed by atoms with Crippen molar-refractivity contribution in [3.63, 3.8) is 0 Å². The number of nitrogens with one attached hydrogen (secondary N) is 1. The zero-order chi connectivity index (χ0) is 14.4. The highest BCUT2D eigenvalue weighted by Gasteiger charge is 2.01. The van der Waals surface area contributed by atoms with Crippen LogP contribution in [0.2, 0.25) is 0 Å². The van der Waals surface area contributed by atoms with Gasteiger partial charge in [-0.3, -0.25) is 4.79 Å². The quantitative estimate of drug-likeness (QED) is 0.779. The lowest BCUT2D eigenvalue weighted by atomic mass is 10.2. The lowest BCUT2D eigenvalue weighted by Gasteiger charge is -2.12. The summed E-state index contributed by atoms with van der Waals surface area (Å²) in [5.41, 5.74) is 2.13. The van der Waals surface area contributed by atoms with Crippen LogP contribution in [0.1, 0.15) is 5.56 Å². The maximum Gasteiger partial charge on any atom is 0.268 e. The fourth-order valence-electron chi connectivity index (χ4n) is 1.81. The van der Waals surface area contributed by atoms with E-state index in [2.05, 4.69) is 27.2 Å². The van der Waals surface area contributed by atoms with Gasteiger partial charge in [0.25, 0.3) is 5.56 Å². The Labute approximate surface area is 122 Å². The molecule has 1 N–H and O–H groups in total. The summed E-state index contributed by atoms with van der Waals surface area (Å²) in [6.07, 6.45) is 2.73. The topological polar surface area (TPSA) is 50.2 Å². The standard InChI is InChI=1S/C14H20N4OS/c1-17(2)13-9-14(19)18(16-10-13)7-6-15-5-3-12-4-8-20-11-12/h4,8-11,15H,3,5-7H2,1-2H3. The van der Waals surface area contributed by atoms with Crippen LogP contribution in [0.5, 0.6) is 0 Å². The molecule has 0 bridgehead atoms.